The summed E-state index contributed by atoms with van der Waals surface area (Å²) in [5.74, 6) is 0.0962. The first-order valence-electron chi connectivity index (χ1n) is 8.51. The average Bonchev–Trinajstić information content (AvgIpc) is 2.39. The van der Waals surface area contributed by atoms with E-state index in [9.17, 15) is 4.79 Å². The lowest BCUT2D eigenvalue weighted by Crippen LogP contribution is -2.20. The van der Waals surface area contributed by atoms with Gasteiger partial charge in [-0.1, -0.05) is 84.0 Å². The number of rotatable bonds is 14. The van der Waals surface area contributed by atoms with Crippen molar-refractivity contribution in [1.29, 1.82) is 0 Å². The minimum Gasteiger partial charge on any atom is -0.356 e. The average molecular weight is 269 g/mol. The number of carbonyl (C=O) groups excluding carboxylic acids is 1. The second-order valence-electron chi connectivity index (χ2n) is 5.73. The quantitative estimate of drug-likeness (QED) is 0.431. The van der Waals surface area contributed by atoms with E-state index in [4.69, 9.17) is 0 Å². The normalized spacial score (nSPS) is 10.6. The first kappa shape index (κ1) is 18.5. The predicted octanol–water partition coefficient (Wildman–Crippen LogP) is 5.21. The molecule has 0 unspecified atom stereocenters. The van der Waals surface area contributed by atoms with Crippen LogP contribution in [-0.2, 0) is 4.79 Å². The zero-order valence-electron chi connectivity index (χ0n) is 13.3. The van der Waals surface area contributed by atoms with Gasteiger partial charge in [-0.3, -0.25) is 4.79 Å². The molecule has 0 bridgehead atoms. The molecule has 19 heavy (non-hydrogen) atoms. The first-order chi connectivity index (χ1) is 9.27. The molecular formula is C17H35NO. The Morgan fingerprint density at radius 3 is 1.42 bits per heavy atom. The Morgan fingerprint density at radius 2 is 1.05 bits per heavy atom. The van der Waals surface area contributed by atoms with Gasteiger partial charge in [-0.2, -0.15) is 0 Å². The highest BCUT2D eigenvalue weighted by atomic mass is 16.1. The molecule has 0 aromatic carbocycles. The molecule has 0 spiro atoms. The van der Waals surface area contributed by atoms with Gasteiger partial charge in [0.05, 0.1) is 0 Å². The summed E-state index contributed by atoms with van der Waals surface area (Å²) in [5.41, 5.74) is 0. The van der Waals surface area contributed by atoms with Crippen LogP contribution in [0.25, 0.3) is 0 Å². The van der Waals surface area contributed by atoms with E-state index in [1.807, 2.05) is 0 Å². The van der Waals surface area contributed by atoms with Gasteiger partial charge in [0.2, 0.25) is 5.91 Å². The Hall–Kier alpha value is -0.530. The fourth-order valence-electron chi connectivity index (χ4n) is 2.41. The van der Waals surface area contributed by atoms with Gasteiger partial charge in [-0.25, -0.2) is 0 Å². The molecule has 0 saturated heterocycles. The lowest BCUT2D eigenvalue weighted by Gasteiger charge is -2.03. The fourth-order valence-corrected chi connectivity index (χ4v) is 2.41. The highest BCUT2D eigenvalue weighted by Gasteiger charge is 1.94. The fraction of sp³-hybridized carbons (Fsp3) is 0.941. The summed E-state index contributed by atoms with van der Waals surface area (Å²) in [6.07, 6.45) is 17.9. The summed E-state index contributed by atoms with van der Waals surface area (Å²) in [4.78, 5) is 10.7. The number of hydrogen-bond donors (Lipinski definition) is 1. The second-order valence-corrected chi connectivity index (χ2v) is 5.73. The van der Waals surface area contributed by atoms with Gasteiger partial charge in [0.1, 0.15) is 0 Å². The van der Waals surface area contributed by atoms with Crippen molar-refractivity contribution < 1.29 is 4.79 Å². The predicted molar refractivity (Wildman–Crippen MR) is 84.4 cm³/mol. The van der Waals surface area contributed by atoms with Crippen LogP contribution in [0.15, 0.2) is 0 Å². The maximum absolute atomic E-state index is 10.7. The monoisotopic (exact) mass is 269 g/mol. The summed E-state index contributed by atoms with van der Waals surface area (Å²) >= 11 is 0. The van der Waals surface area contributed by atoms with Crippen molar-refractivity contribution in [3.63, 3.8) is 0 Å². The van der Waals surface area contributed by atoms with Crippen LogP contribution in [0, 0.1) is 0 Å². The summed E-state index contributed by atoms with van der Waals surface area (Å²) in [6, 6.07) is 0. The molecule has 0 saturated carbocycles. The largest absolute Gasteiger partial charge is 0.356 e. The van der Waals surface area contributed by atoms with E-state index in [2.05, 4.69) is 12.2 Å². The van der Waals surface area contributed by atoms with E-state index < -0.39 is 0 Å². The van der Waals surface area contributed by atoms with Crippen molar-refractivity contribution >= 4 is 5.91 Å². The van der Waals surface area contributed by atoms with Crippen molar-refractivity contribution in [2.24, 2.45) is 0 Å². The van der Waals surface area contributed by atoms with Gasteiger partial charge in [-0.05, 0) is 6.42 Å². The van der Waals surface area contributed by atoms with Crippen molar-refractivity contribution in [3.8, 4) is 0 Å². The zero-order valence-corrected chi connectivity index (χ0v) is 13.3. The number of carbonyl (C=O) groups is 1. The number of hydrogen-bond acceptors (Lipinski definition) is 1. The highest BCUT2D eigenvalue weighted by molar-refractivity contribution is 5.72. The summed E-state index contributed by atoms with van der Waals surface area (Å²) in [7, 11) is 0. The third-order valence-electron chi connectivity index (χ3n) is 3.65. The van der Waals surface area contributed by atoms with Crippen LogP contribution >= 0.6 is 0 Å². The van der Waals surface area contributed by atoms with E-state index in [0.717, 1.165) is 13.0 Å². The van der Waals surface area contributed by atoms with Crippen LogP contribution < -0.4 is 5.32 Å². The number of nitrogens with one attached hydrogen (secondary N) is 1. The SMILES string of the molecule is CCCCCCCCCCCCCCCNC(C)=O. The van der Waals surface area contributed by atoms with Gasteiger partial charge in [-0.15, -0.1) is 0 Å². The van der Waals surface area contributed by atoms with E-state index in [1.165, 1.54) is 77.0 Å². The molecular weight excluding hydrogens is 234 g/mol. The van der Waals surface area contributed by atoms with Crippen molar-refractivity contribution in [3.05, 3.63) is 0 Å². The van der Waals surface area contributed by atoms with Crippen LogP contribution in [0.2, 0.25) is 0 Å². The smallest absolute Gasteiger partial charge is 0.216 e. The molecule has 0 radical (unpaired) electrons. The molecule has 0 aliphatic carbocycles. The summed E-state index contributed by atoms with van der Waals surface area (Å²) < 4.78 is 0. The number of unbranched alkanes of at least 4 members (excludes halogenated alkanes) is 12. The molecule has 114 valence electrons. The molecule has 0 aliphatic rings. The summed E-state index contributed by atoms with van der Waals surface area (Å²) in [6.45, 7) is 4.71. The lowest BCUT2D eigenvalue weighted by atomic mass is 10.0. The van der Waals surface area contributed by atoms with Crippen molar-refractivity contribution in [2.45, 2.75) is 97.3 Å². The Kier molecular flexibility index (Phi) is 15.1. The topological polar surface area (TPSA) is 29.1 Å². The molecule has 0 aromatic rings. The van der Waals surface area contributed by atoms with Gasteiger partial charge >= 0.3 is 0 Å². The third kappa shape index (κ3) is 17.5. The van der Waals surface area contributed by atoms with Gasteiger partial charge in [0.15, 0.2) is 0 Å². The molecule has 1 amide bonds. The van der Waals surface area contributed by atoms with Crippen LogP contribution in [-0.4, -0.2) is 12.5 Å². The van der Waals surface area contributed by atoms with Gasteiger partial charge in [0, 0.05) is 13.5 Å². The Bertz CT molecular complexity index is 192. The minimum absolute atomic E-state index is 0.0962. The van der Waals surface area contributed by atoms with E-state index in [1.54, 1.807) is 6.92 Å². The molecule has 0 aromatic heterocycles. The maximum atomic E-state index is 10.7. The Morgan fingerprint density at radius 1 is 0.684 bits per heavy atom. The molecule has 1 N–H and O–H groups in total. The van der Waals surface area contributed by atoms with Crippen LogP contribution in [0.1, 0.15) is 97.3 Å². The van der Waals surface area contributed by atoms with Gasteiger partial charge < -0.3 is 5.32 Å². The molecule has 0 fully saturated rings. The van der Waals surface area contributed by atoms with Crippen LogP contribution in [0.5, 0.6) is 0 Å². The molecule has 0 heterocycles. The highest BCUT2D eigenvalue weighted by Crippen LogP contribution is 2.12. The van der Waals surface area contributed by atoms with Crippen molar-refractivity contribution in [1.82, 2.24) is 5.32 Å². The summed E-state index contributed by atoms with van der Waals surface area (Å²) in [5, 5.41) is 2.85. The first-order valence-corrected chi connectivity index (χ1v) is 8.51. The number of amides is 1. The maximum Gasteiger partial charge on any atom is 0.216 e. The zero-order chi connectivity index (χ0) is 14.2. The third-order valence-corrected chi connectivity index (χ3v) is 3.65. The minimum atomic E-state index is 0.0962. The lowest BCUT2D eigenvalue weighted by molar-refractivity contribution is -0.118. The molecule has 0 aliphatic heterocycles. The Balaban J connectivity index is 2.93. The molecule has 2 heteroatoms. The van der Waals surface area contributed by atoms with Crippen molar-refractivity contribution in [2.75, 3.05) is 6.54 Å². The van der Waals surface area contributed by atoms with Crippen LogP contribution in [0.3, 0.4) is 0 Å². The van der Waals surface area contributed by atoms with E-state index in [0.29, 0.717) is 0 Å². The molecule has 0 rings (SSSR count). The molecule has 2 nitrogen and oxygen atoms in total. The molecule has 0 atom stereocenters. The van der Waals surface area contributed by atoms with E-state index >= 15 is 0 Å². The standard InChI is InChI=1S/C17H35NO/c1-3-4-5-6-7-8-9-10-11-12-13-14-15-16-18-17(2)19/h3-16H2,1-2H3,(H,18,19). The second kappa shape index (κ2) is 15.5. The van der Waals surface area contributed by atoms with Crippen LogP contribution in [0.4, 0.5) is 0 Å². The van der Waals surface area contributed by atoms with Gasteiger partial charge in [0.25, 0.3) is 0 Å². The van der Waals surface area contributed by atoms with E-state index in [-0.39, 0.29) is 5.91 Å². The Labute approximate surface area is 120 Å².